The Labute approximate surface area is 142 Å². The molecule has 0 unspecified atom stereocenters. The van der Waals surface area contributed by atoms with Gasteiger partial charge < -0.3 is 10.2 Å². The predicted molar refractivity (Wildman–Crippen MR) is 86.2 cm³/mol. The summed E-state index contributed by atoms with van der Waals surface area (Å²) in [6, 6.07) is 9.64. The van der Waals surface area contributed by atoms with E-state index >= 15 is 0 Å². The lowest BCUT2D eigenvalue weighted by molar-refractivity contribution is -0.137. The summed E-state index contributed by atoms with van der Waals surface area (Å²) < 4.78 is 37.6. The van der Waals surface area contributed by atoms with Crippen molar-refractivity contribution in [1.29, 1.82) is 0 Å². The van der Waals surface area contributed by atoms with Crippen molar-refractivity contribution >= 4 is 17.5 Å². The van der Waals surface area contributed by atoms with Crippen LogP contribution in [0.25, 0.3) is 0 Å². The van der Waals surface area contributed by atoms with Crippen molar-refractivity contribution in [2.24, 2.45) is 0 Å². The molecule has 7 heteroatoms. The van der Waals surface area contributed by atoms with Gasteiger partial charge in [-0.25, -0.2) is 0 Å². The molecule has 25 heavy (non-hydrogen) atoms. The summed E-state index contributed by atoms with van der Waals surface area (Å²) in [4.78, 5) is 25.4. The van der Waals surface area contributed by atoms with Crippen molar-refractivity contribution in [2.75, 3.05) is 11.9 Å². The van der Waals surface area contributed by atoms with Crippen LogP contribution in [0.3, 0.4) is 0 Å². The molecule has 1 heterocycles. The van der Waals surface area contributed by atoms with Crippen LogP contribution < -0.4 is 10.2 Å². The number of anilines is 1. The van der Waals surface area contributed by atoms with Crippen molar-refractivity contribution < 1.29 is 22.8 Å². The average Bonchev–Trinajstić information content (AvgIpc) is 2.86. The van der Waals surface area contributed by atoms with Gasteiger partial charge in [-0.15, -0.1) is 0 Å². The fourth-order valence-corrected chi connectivity index (χ4v) is 2.71. The molecule has 0 aliphatic carbocycles. The minimum Gasteiger partial charge on any atom is -0.348 e. The lowest BCUT2D eigenvalue weighted by Crippen LogP contribution is -2.23. The second-order valence-electron chi connectivity index (χ2n) is 5.85. The fourth-order valence-electron chi connectivity index (χ4n) is 2.71. The Balaban J connectivity index is 1.66. The lowest BCUT2D eigenvalue weighted by atomic mass is 10.1. The van der Waals surface area contributed by atoms with Crippen LogP contribution in [0.2, 0.25) is 0 Å². The van der Waals surface area contributed by atoms with Crippen LogP contribution in [0.4, 0.5) is 18.9 Å². The van der Waals surface area contributed by atoms with Crippen LogP contribution in [0.5, 0.6) is 0 Å². The SMILES string of the molecule is CN1C(=O)Cc2cc(C(=O)NCc3ccc(C(F)(F)F)cc3)ccc21. The number of fused-ring (bicyclic) bond motifs is 1. The van der Waals surface area contributed by atoms with E-state index in [9.17, 15) is 22.8 Å². The zero-order valence-electron chi connectivity index (χ0n) is 13.4. The molecule has 0 radical (unpaired) electrons. The Bertz CT molecular complexity index is 829. The van der Waals surface area contributed by atoms with Crippen LogP contribution in [0, 0.1) is 0 Å². The molecule has 0 aromatic heterocycles. The second kappa shape index (κ2) is 6.23. The van der Waals surface area contributed by atoms with E-state index < -0.39 is 11.7 Å². The molecule has 0 saturated carbocycles. The molecular weight excluding hydrogens is 333 g/mol. The van der Waals surface area contributed by atoms with Gasteiger partial charge in [-0.05, 0) is 41.5 Å². The van der Waals surface area contributed by atoms with Gasteiger partial charge in [0.2, 0.25) is 5.91 Å². The molecule has 2 aromatic rings. The first-order chi connectivity index (χ1) is 11.8. The number of hydrogen-bond acceptors (Lipinski definition) is 2. The van der Waals surface area contributed by atoms with Crippen LogP contribution in [-0.4, -0.2) is 18.9 Å². The molecule has 0 atom stereocenters. The Morgan fingerprint density at radius 2 is 1.84 bits per heavy atom. The Morgan fingerprint density at radius 1 is 1.16 bits per heavy atom. The van der Waals surface area contributed by atoms with E-state index in [4.69, 9.17) is 0 Å². The van der Waals surface area contributed by atoms with Gasteiger partial charge in [0.15, 0.2) is 0 Å². The van der Waals surface area contributed by atoms with Gasteiger partial charge in [0.25, 0.3) is 5.91 Å². The number of likely N-dealkylation sites (N-methyl/N-ethyl adjacent to an activating group) is 1. The van der Waals surface area contributed by atoms with E-state index in [1.807, 2.05) is 0 Å². The first-order valence-corrected chi connectivity index (χ1v) is 7.59. The molecule has 0 saturated heterocycles. The zero-order valence-corrected chi connectivity index (χ0v) is 13.4. The number of rotatable bonds is 3. The minimum atomic E-state index is -4.38. The summed E-state index contributed by atoms with van der Waals surface area (Å²) >= 11 is 0. The third kappa shape index (κ3) is 3.50. The van der Waals surface area contributed by atoms with Gasteiger partial charge in [0, 0.05) is 24.8 Å². The summed E-state index contributed by atoms with van der Waals surface area (Å²) in [5.41, 5.74) is 1.82. The summed E-state index contributed by atoms with van der Waals surface area (Å²) in [5, 5.41) is 2.67. The number of carbonyl (C=O) groups excluding carboxylic acids is 2. The molecule has 0 spiro atoms. The lowest BCUT2D eigenvalue weighted by Gasteiger charge is -2.11. The Hall–Kier alpha value is -2.83. The molecule has 0 bridgehead atoms. The van der Waals surface area contributed by atoms with Crippen LogP contribution in [-0.2, 0) is 23.9 Å². The Kier molecular flexibility index (Phi) is 4.24. The van der Waals surface area contributed by atoms with Crippen molar-refractivity contribution in [3.8, 4) is 0 Å². The number of nitrogens with zero attached hydrogens (tertiary/aromatic N) is 1. The molecule has 1 aliphatic rings. The third-order valence-corrected chi connectivity index (χ3v) is 4.15. The number of carbonyl (C=O) groups is 2. The maximum absolute atomic E-state index is 12.5. The monoisotopic (exact) mass is 348 g/mol. The quantitative estimate of drug-likeness (QED) is 0.926. The smallest absolute Gasteiger partial charge is 0.348 e. The van der Waals surface area contributed by atoms with Gasteiger partial charge in [0.05, 0.1) is 12.0 Å². The molecule has 1 aliphatic heterocycles. The van der Waals surface area contributed by atoms with Crippen LogP contribution in [0.15, 0.2) is 42.5 Å². The number of alkyl halides is 3. The number of halogens is 3. The van der Waals surface area contributed by atoms with Gasteiger partial charge in [-0.2, -0.15) is 13.2 Å². The van der Waals surface area contributed by atoms with Gasteiger partial charge in [-0.1, -0.05) is 12.1 Å². The maximum Gasteiger partial charge on any atom is 0.416 e. The van der Waals surface area contributed by atoms with E-state index in [0.717, 1.165) is 23.4 Å². The van der Waals surface area contributed by atoms with Crippen molar-refractivity contribution in [3.63, 3.8) is 0 Å². The summed E-state index contributed by atoms with van der Waals surface area (Å²) in [5.74, 6) is -0.373. The number of amides is 2. The summed E-state index contributed by atoms with van der Waals surface area (Å²) in [6.07, 6.45) is -4.12. The highest BCUT2D eigenvalue weighted by molar-refractivity contribution is 6.03. The average molecular weight is 348 g/mol. The van der Waals surface area contributed by atoms with Crippen molar-refractivity contribution in [3.05, 3.63) is 64.7 Å². The van der Waals surface area contributed by atoms with Gasteiger partial charge in [0.1, 0.15) is 0 Å². The van der Waals surface area contributed by atoms with E-state index in [2.05, 4.69) is 5.32 Å². The number of nitrogens with one attached hydrogen (secondary N) is 1. The third-order valence-electron chi connectivity index (χ3n) is 4.15. The second-order valence-corrected chi connectivity index (χ2v) is 5.85. The predicted octanol–water partition coefficient (Wildman–Crippen LogP) is 3.15. The highest BCUT2D eigenvalue weighted by Gasteiger charge is 2.30. The van der Waals surface area contributed by atoms with E-state index in [0.29, 0.717) is 11.1 Å². The number of benzene rings is 2. The minimum absolute atomic E-state index is 0.0303. The normalized spacial score (nSPS) is 13.8. The molecular formula is C18H15F3N2O2. The van der Waals surface area contributed by atoms with Crippen molar-refractivity contribution in [1.82, 2.24) is 5.32 Å². The zero-order chi connectivity index (χ0) is 18.2. The standard InChI is InChI=1S/C18H15F3N2O2/c1-23-15-7-4-12(8-13(15)9-16(23)24)17(25)22-10-11-2-5-14(6-3-11)18(19,20)21/h2-8H,9-10H2,1H3,(H,22,25). The first kappa shape index (κ1) is 17.0. The molecule has 2 amide bonds. The molecule has 4 nitrogen and oxygen atoms in total. The molecule has 0 fully saturated rings. The molecule has 130 valence electrons. The Morgan fingerprint density at radius 3 is 2.48 bits per heavy atom. The van der Waals surface area contributed by atoms with E-state index in [1.165, 1.54) is 12.1 Å². The summed E-state index contributed by atoms with van der Waals surface area (Å²) in [6.45, 7) is 0.118. The topological polar surface area (TPSA) is 49.4 Å². The van der Waals surface area contributed by atoms with Crippen LogP contribution in [0.1, 0.15) is 27.0 Å². The fraction of sp³-hybridized carbons (Fsp3) is 0.222. The summed E-state index contributed by atoms with van der Waals surface area (Å²) in [7, 11) is 1.68. The maximum atomic E-state index is 12.5. The van der Waals surface area contributed by atoms with Crippen LogP contribution >= 0.6 is 0 Å². The van der Waals surface area contributed by atoms with E-state index in [-0.39, 0.29) is 24.8 Å². The molecule has 1 N–H and O–H groups in total. The van der Waals surface area contributed by atoms with E-state index in [1.54, 1.807) is 30.1 Å². The number of hydrogen-bond donors (Lipinski definition) is 1. The van der Waals surface area contributed by atoms with Crippen molar-refractivity contribution in [2.45, 2.75) is 19.1 Å². The highest BCUT2D eigenvalue weighted by atomic mass is 19.4. The van der Waals surface area contributed by atoms with Gasteiger partial charge >= 0.3 is 6.18 Å². The first-order valence-electron chi connectivity index (χ1n) is 7.59. The molecule has 2 aromatic carbocycles. The molecule has 3 rings (SSSR count). The van der Waals surface area contributed by atoms with Gasteiger partial charge in [-0.3, -0.25) is 9.59 Å². The largest absolute Gasteiger partial charge is 0.416 e. The highest BCUT2D eigenvalue weighted by Crippen LogP contribution is 2.29.